The Morgan fingerprint density at radius 3 is 2.73 bits per heavy atom. The van der Waals surface area contributed by atoms with Gasteiger partial charge in [-0.3, -0.25) is 9.36 Å². The summed E-state index contributed by atoms with van der Waals surface area (Å²) in [6, 6.07) is 4.52. The standard InChI is InChI=1S/C20H24BrClFN3O3S/c1-3-12-8-15(30(2,28)29)6-4-13(12)10-24-20(27)18-19(22)26(11-25-18)17-7-5-14(21)9-16(17)23/h5,7,9,11-13,15H,3-4,6,8,10H2,1-2H3,(H,24,27)/t12?,13-,15+/m0/s1. The number of imidazole rings is 1. The van der Waals surface area contributed by atoms with Gasteiger partial charge in [-0.25, -0.2) is 17.8 Å². The molecule has 1 saturated carbocycles. The molecule has 1 aromatic carbocycles. The van der Waals surface area contributed by atoms with Crippen molar-refractivity contribution < 1.29 is 17.6 Å². The van der Waals surface area contributed by atoms with E-state index in [1.807, 2.05) is 6.92 Å². The highest BCUT2D eigenvalue weighted by Crippen LogP contribution is 2.35. The normalized spacial score (nSPS) is 22.1. The Kier molecular flexibility index (Phi) is 7.24. The van der Waals surface area contributed by atoms with Gasteiger partial charge in [-0.05, 0) is 49.3 Å². The number of nitrogens with one attached hydrogen (secondary N) is 1. The molecule has 1 fully saturated rings. The van der Waals surface area contributed by atoms with Crippen LogP contribution in [0, 0.1) is 17.7 Å². The molecule has 10 heteroatoms. The molecule has 164 valence electrons. The molecule has 3 rings (SSSR count). The van der Waals surface area contributed by atoms with Crippen LogP contribution in [0.25, 0.3) is 5.69 Å². The monoisotopic (exact) mass is 519 g/mol. The third-order valence-electron chi connectivity index (χ3n) is 5.84. The number of nitrogens with zero attached hydrogens (tertiary/aromatic N) is 2. The lowest BCUT2D eigenvalue weighted by Crippen LogP contribution is -2.39. The van der Waals surface area contributed by atoms with Gasteiger partial charge in [0, 0.05) is 17.3 Å². The number of carbonyl (C=O) groups is 1. The molecule has 1 aliphatic rings. The Labute approximate surface area is 189 Å². The van der Waals surface area contributed by atoms with Crippen LogP contribution in [0.5, 0.6) is 0 Å². The molecule has 2 aromatic rings. The molecule has 0 saturated heterocycles. The van der Waals surface area contributed by atoms with E-state index in [-0.39, 0.29) is 33.6 Å². The highest BCUT2D eigenvalue weighted by Gasteiger charge is 2.34. The minimum Gasteiger partial charge on any atom is -0.350 e. The van der Waals surface area contributed by atoms with Gasteiger partial charge in [-0.1, -0.05) is 40.9 Å². The maximum absolute atomic E-state index is 14.2. The van der Waals surface area contributed by atoms with Crippen LogP contribution in [0.2, 0.25) is 5.15 Å². The average Bonchev–Trinajstić information content (AvgIpc) is 3.06. The molecule has 6 nitrogen and oxygen atoms in total. The Morgan fingerprint density at radius 1 is 1.37 bits per heavy atom. The molecule has 1 aliphatic carbocycles. The maximum atomic E-state index is 14.2. The van der Waals surface area contributed by atoms with E-state index in [1.165, 1.54) is 23.2 Å². The van der Waals surface area contributed by atoms with Crippen molar-refractivity contribution >= 4 is 43.3 Å². The average molecular weight is 521 g/mol. The van der Waals surface area contributed by atoms with Crippen LogP contribution < -0.4 is 5.32 Å². The Balaban J connectivity index is 1.68. The zero-order valence-electron chi connectivity index (χ0n) is 16.7. The zero-order chi connectivity index (χ0) is 22.1. The number of aromatic nitrogens is 2. The number of carbonyl (C=O) groups excluding carboxylic acids is 1. The predicted octanol–water partition coefficient (Wildman–Crippen LogP) is 4.40. The van der Waals surface area contributed by atoms with Gasteiger partial charge in [-0.2, -0.15) is 0 Å². The lowest BCUT2D eigenvalue weighted by Gasteiger charge is -2.35. The van der Waals surface area contributed by atoms with Crippen molar-refractivity contribution in [3.05, 3.63) is 45.7 Å². The summed E-state index contributed by atoms with van der Waals surface area (Å²) in [6.07, 6.45) is 5.42. The second kappa shape index (κ2) is 9.36. The highest BCUT2D eigenvalue weighted by atomic mass is 79.9. The van der Waals surface area contributed by atoms with Crippen LogP contribution >= 0.6 is 27.5 Å². The van der Waals surface area contributed by atoms with Crippen molar-refractivity contribution in [2.24, 2.45) is 11.8 Å². The molecule has 0 bridgehead atoms. The first-order chi connectivity index (χ1) is 14.1. The van der Waals surface area contributed by atoms with E-state index in [0.29, 0.717) is 23.9 Å². The highest BCUT2D eigenvalue weighted by molar-refractivity contribution is 9.10. The molecule has 1 heterocycles. The maximum Gasteiger partial charge on any atom is 0.273 e. The third kappa shape index (κ3) is 5.06. The van der Waals surface area contributed by atoms with Gasteiger partial charge in [0.1, 0.15) is 27.1 Å². The van der Waals surface area contributed by atoms with E-state index in [4.69, 9.17) is 11.6 Å². The number of amides is 1. The number of hydrogen-bond donors (Lipinski definition) is 1. The van der Waals surface area contributed by atoms with Gasteiger partial charge < -0.3 is 5.32 Å². The van der Waals surface area contributed by atoms with Crippen LogP contribution in [0.4, 0.5) is 4.39 Å². The fraction of sp³-hybridized carbons (Fsp3) is 0.500. The van der Waals surface area contributed by atoms with Crippen LogP contribution in [0.1, 0.15) is 43.1 Å². The molecule has 3 atom stereocenters. The van der Waals surface area contributed by atoms with Crippen LogP contribution in [0.3, 0.4) is 0 Å². The number of benzene rings is 1. The second-order valence-corrected chi connectivity index (χ2v) is 11.4. The summed E-state index contributed by atoms with van der Waals surface area (Å²) < 4.78 is 39.9. The number of hydrogen-bond acceptors (Lipinski definition) is 4. The van der Waals surface area contributed by atoms with Gasteiger partial charge in [-0.15, -0.1) is 0 Å². The molecule has 1 N–H and O–H groups in total. The zero-order valence-corrected chi connectivity index (χ0v) is 19.9. The predicted molar refractivity (Wildman–Crippen MR) is 118 cm³/mol. The molecular formula is C20H24BrClFN3O3S. The van der Waals surface area contributed by atoms with Gasteiger partial charge in [0.2, 0.25) is 0 Å². The van der Waals surface area contributed by atoms with Crippen molar-refractivity contribution in [2.75, 3.05) is 12.8 Å². The lowest BCUT2D eigenvalue weighted by molar-refractivity contribution is 0.0929. The van der Waals surface area contributed by atoms with Gasteiger partial charge in [0.15, 0.2) is 5.69 Å². The van der Waals surface area contributed by atoms with E-state index < -0.39 is 21.6 Å². The van der Waals surface area contributed by atoms with E-state index in [0.717, 1.165) is 12.8 Å². The van der Waals surface area contributed by atoms with Crippen LogP contribution in [-0.2, 0) is 9.84 Å². The van der Waals surface area contributed by atoms with Crippen LogP contribution in [-0.4, -0.2) is 41.9 Å². The summed E-state index contributed by atoms with van der Waals surface area (Å²) in [7, 11) is -3.05. The van der Waals surface area contributed by atoms with Gasteiger partial charge in [0.05, 0.1) is 10.9 Å². The molecule has 30 heavy (non-hydrogen) atoms. The van der Waals surface area contributed by atoms with Crippen molar-refractivity contribution in [1.29, 1.82) is 0 Å². The summed E-state index contributed by atoms with van der Waals surface area (Å²) >= 11 is 9.51. The largest absolute Gasteiger partial charge is 0.350 e. The quantitative estimate of drug-likeness (QED) is 0.612. The molecular weight excluding hydrogens is 497 g/mol. The first-order valence-corrected chi connectivity index (χ1v) is 12.9. The summed E-state index contributed by atoms with van der Waals surface area (Å²) in [6.45, 7) is 2.46. The fourth-order valence-corrected chi connectivity index (χ4v) is 5.84. The van der Waals surface area contributed by atoms with E-state index >= 15 is 0 Å². The molecule has 1 amide bonds. The molecule has 1 aromatic heterocycles. The molecule has 0 spiro atoms. The smallest absolute Gasteiger partial charge is 0.273 e. The lowest BCUT2D eigenvalue weighted by atomic mass is 9.77. The Morgan fingerprint density at radius 2 is 2.10 bits per heavy atom. The van der Waals surface area contributed by atoms with E-state index in [2.05, 4.69) is 26.2 Å². The topological polar surface area (TPSA) is 81.1 Å². The minimum atomic E-state index is -3.05. The number of halogens is 3. The first-order valence-electron chi connectivity index (χ1n) is 9.77. The second-order valence-electron chi connectivity index (χ2n) is 7.75. The van der Waals surface area contributed by atoms with Crippen molar-refractivity contribution in [3.63, 3.8) is 0 Å². The summed E-state index contributed by atoms with van der Waals surface area (Å²) in [5, 5.41) is 2.59. The third-order valence-corrected chi connectivity index (χ3v) is 8.33. The van der Waals surface area contributed by atoms with E-state index in [1.54, 1.807) is 12.1 Å². The van der Waals surface area contributed by atoms with Crippen LogP contribution in [0.15, 0.2) is 29.0 Å². The molecule has 1 unspecified atom stereocenters. The van der Waals surface area contributed by atoms with Gasteiger partial charge >= 0.3 is 0 Å². The SMILES string of the molecule is CCC1C[C@H](S(C)(=O)=O)CC[C@H]1CNC(=O)c1ncn(-c2ccc(Br)cc2F)c1Cl. The van der Waals surface area contributed by atoms with E-state index in [9.17, 15) is 17.6 Å². The number of rotatable bonds is 6. The number of sulfone groups is 1. The first kappa shape index (κ1) is 23.2. The summed E-state index contributed by atoms with van der Waals surface area (Å²) in [5.41, 5.74) is 0.219. The Bertz CT molecular complexity index is 1040. The summed E-state index contributed by atoms with van der Waals surface area (Å²) in [4.78, 5) is 16.7. The Hall–Kier alpha value is -1.45. The molecule has 0 aliphatic heterocycles. The van der Waals surface area contributed by atoms with Crippen molar-refractivity contribution in [3.8, 4) is 5.69 Å². The minimum absolute atomic E-state index is 0.0249. The fourth-order valence-electron chi connectivity index (χ4n) is 4.08. The summed E-state index contributed by atoms with van der Waals surface area (Å²) in [5.74, 6) is -0.509. The van der Waals surface area contributed by atoms with Crippen molar-refractivity contribution in [1.82, 2.24) is 14.9 Å². The van der Waals surface area contributed by atoms with Gasteiger partial charge in [0.25, 0.3) is 5.91 Å². The van der Waals surface area contributed by atoms with Crippen molar-refractivity contribution in [2.45, 2.75) is 37.9 Å². The molecule has 0 radical (unpaired) electrons.